The number of carbonyl (C=O) groups excluding carboxylic acids is 1. The molecule has 138 valence electrons. The zero-order valence-corrected chi connectivity index (χ0v) is 14.9. The van der Waals surface area contributed by atoms with Gasteiger partial charge >= 0.3 is 6.61 Å². The quantitative estimate of drug-likeness (QED) is 0.455. The third-order valence-electron chi connectivity index (χ3n) is 4.11. The maximum atomic E-state index is 12.3. The summed E-state index contributed by atoms with van der Waals surface area (Å²) in [4.78, 5) is 12.3. The Morgan fingerprint density at radius 2 is 1.74 bits per heavy atom. The molecule has 0 fully saturated rings. The zero-order chi connectivity index (χ0) is 19.4. The van der Waals surface area contributed by atoms with E-state index in [9.17, 15) is 13.6 Å². The average molecular weight is 368 g/mol. The van der Waals surface area contributed by atoms with Crippen molar-refractivity contribution < 1.29 is 18.3 Å². The van der Waals surface area contributed by atoms with Crippen molar-refractivity contribution in [2.75, 3.05) is 0 Å². The normalized spacial score (nSPS) is 11.3. The third-order valence-corrected chi connectivity index (χ3v) is 4.11. The second-order valence-corrected chi connectivity index (χ2v) is 5.93. The number of aryl methyl sites for hydroxylation is 1. The summed E-state index contributed by atoms with van der Waals surface area (Å²) in [6.07, 6.45) is 3.18. The molecule has 0 spiro atoms. The molecule has 4 nitrogen and oxygen atoms in total. The molecule has 0 aliphatic carbocycles. The van der Waals surface area contributed by atoms with Gasteiger partial charge in [0.1, 0.15) is 5.75 Å². The molecule has 0 radical (unpaired) electrons. The predicted molar refractivity (Wildman–Crippen MR) is 99.5 cm³/mol. The lowest BCUT2D eigenvalue weighted by Gasteiger charge is -2.04. The summed E-state index contributed by atoms with van der Waals surface area (Å²) in [6, 6.07) is 15.3. The van der Waals surface area contributed by atoms with Gasteiger partial charge in [-0.3, -0.25) is 4.79 Å². The Kier molecular flexibility index (Phi) is 5.45. The second kappa shape index (κ2) is 7.95. The molecule has 0 unspecified atom stereocenters. The van der Waals surface area contributed by atoms with Crippen molar-refractivity contribution in [3.63, 3.8) is 0 Å². The Labute approximate surface area is 155 Å². The topological polar surface area (TPSA) is 44.1 Å². The molecule has 1 aromatic heterocycles. The van der Waals surface area contributed by atoms with E-state index in [1.807, 2.05) is 48.9 Å². The molecule has 0 aliphatic rings. The van der Waals surface area contributed by atoms with E-state index in [4.69, 9.17) is 0 Å². The number of para-hydroxylation sites is 1. The van der Waals surface area contributed by atoms with Crippen molar-refractivity contribution in [3.8, 4) is 11.4 Å². The number of hydrogen-bond acceptors (Lipinski definition) is 3. The summed E-state index contributed by atoms with van der Waals surface area (Å²) in [5, 5.41) is 4.54. The number of allylic oxidation sites excluding steroid dienone is 1. The van der Waals surface area contributed by atoms with Crippen LogP contribution in [0.15, 0.2) is 60.7 Å². The Hall–Kier alpha value is -3.28. The number of ether oxygens (including phenoxy) is 1. The van der Waals surface area contributed by atoms with Crippen LogP contribution in [0.2, 0.25) is 0 Å². The fourth-order valence-corrected chi connectivity index (χ4v) is 2.77. The third kappa shape index (κ3) is 4.28. The van der Waals surface area contributed by atoms with E-state index in [0.717, 1.165) is 22.6 Å². The van der Waals surface area contributed by atoms with Crippen LogP contribution in [-0.2, 0) is 0 Å². The average Bonchev–Trinajstić information content (AvgIpc) is 2.94. The van der Waals surface area contributed by atoms with Crippen molar-refractivity contribution in [2.24, 2.45) is 0 Å². The van der Waals surface area contributed by atoms with E-state index < -0.39 is 6.61 Å². The van der Waals surface area contributed by atoms with Gasteiger partial charge in [-0.1, -0.05) is 18.2 Å². The molecule has 27 heavy (non-hydrogen) atoms. The van der Waals surface area contributed by atoms with Crippen LogP contribution in [0, 0.1) is 13.8 Å². The number of aromatic nitrogens is 2. The molecule has 0 saturated carbocycles. The number of nitrogens with zero attached hydrogens (tertiary/aromatic N) is 2. The van der Waals surface area contributed by atoms with Gasteiger partial charge in [-0.2, -0.15) is 13.9 Å². The number of alkyl halides is 2. The first-order valence-corrected chi connectivity index (χ1v) is 8.34. The number of benzene rings is 2. The van der Waals surface area contributed by atoms with Gasteiger partial charge in [0, 0.05) is 16.8 Å². The van der Waals surface area contributed by atoms with Crippen molar-refractivity contribution in [3.05, 3.63) is 83.2 Å². The first-order valence-electron chi connectivity index (χ1n) is 8.34. The smallest absolute Gasteiger partial charge is 0.387 e. The highest BCUT2D eigenvalue weighted by Crippen LogP contribution is 2.20. The van der Waals surface area contributed by atoms with Crippen molar-refractivity contribution >= 4 is 11.9 Å². The van der Waals surface area contributed by atoms with E-state index >= 15 is 0 Å². The first kappa shape index (κ1) is 18.5. The van der Waals surface area contributed by atoms with Gasteiger partial charge in [0.15, 0.2) is 5.78 Å². The molecule has 0 atom stereocenters. The molecule has 0 saturated heterocycles. The summed E-state index contributed by atoms with van der Waals surface area (Å²) in [6.45, 7) is 0.930. The van der Waals surface area contributed by atoms with Crippen molar-refractivity contribution in [1.82, 2.24) is 9.78 Å². The predicted octanol–water partition coefficient (Wildman–Crippen LogP) is 4.99. The van der Waals surface area contributed by atoms with Crippen molar-refractivity contribution in [2.45, 2.75) is 20.5 Å². The van der Waals surface area contributed by atoms with Crippen LogP contribution in [-0.4, -0.2) is 22.2 Å². The van der Waals surface area contributed by atoms with Gasteiger partial charge in [0.05, 0.1) is 11.4 Å². The van der Waals surface area contributed by atoms with Gasteiger partial charge < -0.3 is 4.74 Å². The Bertz CT molecular complexity index is 962. The minimum Gasteiger partial charge on any atom is -0.435 e. The Morgan fingerprint density at radius 1 is 1.07 bits per heavy atom. The second-order valence-electron chi connectivity index (χ2n) is 5.93. The fraction of sp³-hybridized carbons (Fsp3) is 0.143. The molecule has 0 amide bonds. The molecule has 2 aromatic carbocycles. The number of rotatable bonds is 6. The molecular weight excluding hydrogens is 350 g/mol. The molecule has 6 heteroatoms. The molecule has 0 aliphatic heterocycles. The van der Waals surface area contributed by atoms with Gasteiger partial charge in [-0.25, -0.2) is 4.68 Å². The Balaban J connectivity index is 1.80. The van der Waals surface area contributed by atoms with E-state index in [2.05, 4.69) is 9.84 Å². The van der Waals surface area contributed by atoms with E-state index in [1.165, 1.54) is 30.3 Å². The van der Waals surface area contributed by atoms with Crippen molar-refractivity contribution in [1.29, 1.82) is 0 Å². The maximum Gasteiger partial charge on any atom is 0.387 e. The molecule has 3 rings (SSSR count). The zero-order valence-electron chi connectivity index (χ0n) is 14.9. The minimum atomic E-state index is -2.89. The number of ketones is 1. The molecule has 0 N–H and O–H groups in total. The highest BCUT2D eigenvalue weighted by Gasteiger charge is 2.11. The van der Waals surface area contributed by atoms with Crippen LogP contribution in [0.3, 0.4) is 0 Å². The standard InChI is InChI=1S/C21H18F2N2O2/c1-14-19(15(2)25(24-14)17-6-4-3-5-7-17)12-13-20(26)16-8-10-18(11-9-16)27-21(22)23/h3-13,21H,1-2H3/b13-12+. The fourth-order valence-electron chi connectivity index (χ4n) is 2.77. The maximum absolute atomic E-state index is 12.3. The van der Waals surface area contributed by atoms with Gasteiger partial charge in [-0.15, -0.1) is 0 Å². The van der Waals surface area contributed by atoms with Crippen LogP contribution in [0.4, 0.5) is 8.78 Å². The summed E-state index contributed by atoms with van der Waals surface area (Å²) < 4.78 is 30.5. The van der Waals surface area contributed by atoms with E-state index in [0.29, 0.717) is 5.56 Å². The van der Waals surface area contributed by atoms with Crippen LogP contribution in [0.25, 0.3) is 11.8 Å². The number of carbonyl (C=O) groups is 1. The summed E-state index contributed by atoms with van der Waals surface area (Å²) in [5.41, 5.74) is 3.92. The lowest BCUT2D eigenvalue weighted by atomic mass is 10.1. The monoisotopic (exact) mass is 368 g/mol. The molecular formula is C21H18F2N2O2. The van der Waals surface area contributed by atoms with Gasteiger partial charge in [-0.05, 0) is 62.4 Å². The van der Waals surface area contributed by atoms with Crippen LogP contribution in [0.5, 0.6) is 5.75 Å². The summed E-state index contributed by atoms with van der Waals surface area (Å²) in [5.74, 6) is -0.216. The summed E-state index contributed by atoms with van der Waals surface area (Å²) >= 11 is 0. The highest BCUT2D eigenvalue weighted by molar-refractivity contribution is 6.07. The lowest BCUT2D eigenvalue weighted by Crippen LogP contribution is -2.02. The van der Waals surface area contributed by atoms with Crippen LogP contribution >= 0.6 is 0 Å². The van der Waals surface area contributed by atoms with Crippen LogP contribution < -0.4 is 4.74 Å². The largest absolute Gasteiger partial charge is 0.435 e. The number of hydrogen-bond donors (Lipinski definition) is 0. The van der Waals surface area contributed by atoms with E-state index in [1.54, 1.807) is 6.08 Å². The van der Waals surface area contributed by atoms with Gasteiger partial charge in [0.2, 0.25) is 0 Å². The molecule has 0 bridgehead atoms. The Morgan fingerprint density at radius 3 is 2.37 bits per heavy atom. The summed E-state index contributed by atoms with van der Waals surface area (Å²) in [7, 11) is 0. The minimum absolute atomic E-state index is 0.0151. The lowest BCUT2D eigenvalue weighted by molar-refractivity contribution is -0.0498. The first-order chi connectivity index (χ1) is 13.0. The van der Waals surface area contributed by atoms with Crippen LogP contribution in [0.1, 0.15) is 27.3 Å². The molecule has 1 heterocycles. The van der Waals surface area contributed by atoms with E-state index in [-0.39, 0.29) is 11.5 Å². The van der Waals surface area contributed by atoms with Gasteiger partial charge in [0.25, 0.3) is 0 Å². The highest BCUT2D eigenvalue weighted by atomic mass is 19.3. The number of halogens is 2. The SMILES string of the molecule is Cc1nn(-c2ccccc2)c(C)c1/C=C/C(=O)c1ccc(OC(F)F)cc1. The molecule has 3 aromatic rings.